The summed E-state index contributed by atoms with van der Waals surface area (Å²) in [5.41, 5.74) is 2.42. The third kappa shape index (κ3) is 1.91. The van der Waals surface area contributed by atoms with Crippen LogP contribution in [-0.2, 0) is 0 Å². The van der Waals surface area contributed by atoms with E-state index in [0.29, 0.717) is 11.7 Å². The van der Waals surface area contributed by atoms with Crippen LogP contribution in [-0.4, -0.2) is 60.7 Å². The van der Waals surface area contributed by atoms with Crippen molar-refractivity contribution in [1.82, 2.24) is 34.5 Å². The van der Waals surface area contributed by atoms with Crippen molar-refractivity contribution in [2.24, 2.45) is 0 Å². The molecule has 0 atom stereocenters. The largest absolute Gasteiger partial charge is 0.351 e. The Hall–Kier alpha value is -3.23. The van der Waals surface area contributed by atoms with Gasteiger partial charge in [0.1, 0.15) is 17.7 Å². The van der Waals surface area contributed by atoms with Crippen LogP contribution in [0, 0.1) is 0 Å². The molecule has 0 radical (unpaired) electrons. The van der Waals surface area contributed by atoms with E-state index >= 15 is 0 Å². The summed E-state index contributed by atoms with van der Waals surface area (Å²) in [6.07, 6.45) is 6.82. The molecular weight excluding hydrogens is 306 g/mol. The number of hydrogen-bond acceptors (Lipinski definition) is 7. The van der Waals surface area contributed by atoms with Gasteiger partial charge < -0.3 is 14.8 Å². The van der Waals surface area contributed by atoms with E-state index in [2.05, 4.69) is 46.9 Å². The maximum Gasteiger partial charge on any atom is 0.182 e. The molecule has 24 heavy (non-hydrogen) atoms. The lowest BCUT2D eigenvalue weighted by Crippen LogP contribution is -2.59. The molecule has 0 aliphatic carbocycles. The number of aromatic amines is 1. The zero-order valence-electron chi connectivity index (χ0n) is 13.0. The quantitative estimate of drug-likeness (QED) is 0.594. The fourth-order valence-corrected chi connectivity index (χ4v) is 3.05. The van der Waals surface area contributed by atoms with Crippen LogP contribution in [0.4, 0.5) is 11.6 Å². The van der Waals surface area contributed by atoms with Gasteiger partial charge in [0.25, 0.3) is 0 Å². The van der Waals surface area contributed by atoms with Crippen LogP contribution < -0.4 is 9.80 Å². The van der Waals surface area contributed by atoms with E-state index in [4.69, 9.17) is 0 Å². The maximum absolute atomic E-state index is 4.59. The minimum absolute atomic E-state index is 0.367. The van der Waals surface area contributed by atoms with E-state index in [1.807, 2.05) is 18.3 Å². The van der Waals surface area contributed by atoms with Gasteiger partial charge in [-0.15, -0.1) is 5.10 Å². The number of nitrogens with one attached hydrogen (secondary N) is 1. The molecule has 0 saturated carbocycles. The van der Waals surface area contributed by atoms with Gasteiger partial charge in [-0.3, -0.25) is 0 Å². The average Bonchev–Trinajstić information content (AvgIpc) is 3.21. The highest BCUT2D eigenvalue weighted by atomic mass is 15.4. The van der Waals surface area contributed by atoms with Gasteiger partial charge in [0.15, 0.2) is 17.1 Å². The Labute approximate surface area is 137 Å². The number of imidazole rings is 2. The molecule has 9 heteroatoms. The number of likely N-dealkylation sites (N-methyl/N-ethyl adjacent to an activating group) is 1. The van der Waals surface area contributed by atoms with Crippen molar-refractivity contribution in [3.8, 4) is 0 Å². The standard InChI is InChI=1S/C15H15N9/c1-22(15-13-14(18-8-17-13)19-9-20-15)10-6-23(7-10)12-3-2-11-16-4-5-24(11)21-12/h2-5,8-10H,6-7H2,1H3,(H,17,18,19,20). The molecule has 4 aromatic heterocycles. The van der Waals surface area contributed by atoms with Crippen LogP contribution >= 0.6 is 0 Å². The molecular formula is C15H15N9. The number of H-pyrrole nitrogens is 1. The number of rotatable bonds is 3. The Balaban J connectivity index is 1.36. The number of fused-ring (bicyclic) bond motifs is 2. The summed E-state index contributed by atoms with van der Waals surface area (Å²) in [5.74, 6) is 1.83. The highest BCUT2D eigenvalue weighted by molar-refractivity contribution is 5.82. The fraction of sp³-hybridized carbons (Fsp3) is 0.267. The van der Waals surface area contributed by atoms with E-state index < -0.39 is 0 Å². The van der Waals surface area contributed by atoms with E-state index in [1.54, 1.807) is 23.4 Å². The van der Waals surface area contributed by atoms with Crippen LogP contribution in [0.1, 0.15) is 0 Å². The van der Waals surface area contributed by atoms with Crippen LogP contribution in [0.3, 0.4) is 0 Å². The zero-order valence-corrected chi connectivity index (χ0v) is 13.0. The van der Waals surface area contributed by atoms with Crippen molar-refractivity contribution in [1.29, 1.82) is 0 Å². The van der Waals surface area contributed by atoms with E-state index in [9.17, 15) is 0 Å². The molecule has 0 bridgehead atoms. The van der Waals surface area contributed by atoms with Gasteiger partial charge in [-0.25, -0.2) is 24.5 Å². The number of hydrogen-bond donors (Lipinski definition) is 1. The highest BCUT2D eigenvalue weighted by Gasteiger charge is 2.32. The van der Waals surface area contributed by atoms with Crippen molar-refractivity contribution < 1.29 is 0 Å². The van der Waals surface area contributed by atoms with Crippen molar-refractivity contribution in [2.75, 3.05) is 29.9 Å². The molecule has 5 heterocycles. The average molecular weight is 321 g/mol. The first kappa shape index (κ1) is 13.2. The molecule has 9 nitrogen and oxygen atoms in total. The summed E-state index contributed by atoms with van der Waals surface area (Å²) in [5, 5.41) is 4.59. The van der Waals surface area contributed by atoms with Gasteiger partial charge in [0.2, 0.25) is 0 Å². The third-order valence-electron chi connectivity index (χ3n) is 4.51. The SMILES string of the molecule is CN(c1ncnc2nc[nH]c12)C1CN(c2ccc3nccn3n2)C1. The normalized spacial score (nSPS) is 15.1. The first-order valence-electron chi connectivity index (χ1n) is 7.72. The van der Waals surface area contributed by atoms with E-state index in [0.717, 1.165) is 35.9 Å². The van der Waals surface area contributed by atoms with Crippen LogP contribution in [0.2, 0.25) is 0 Å². The Morgan fingerprint density at radius 3 is 3.00 bits per heavy atom. The predicted molar refractivity (Wildman–Crippen MR) is 89.1 cm³/mol. The molecule has 1 fully saturated rings. The first-order chi connectivity index (χ1) is 11.8. The summed E-state index contributed by atoms with van der Waals surface area (Å²) in [6, 6.07) is 4.36. The second-order valence-electron chi connectivity index (χ2n) is 5.89. The molecule has 1 aliphatic heterocycles. The van der Waals surface area contributed by atoms with Crippen molar-refractivity contribution in [3.05, 3.63) is 37.2 Å². The summed E-state index contributed by atoms with van der Waals surface area (Å²) in [6.45, 7) is 1.78. The van der Waals surface area contributed by atoms with Gasteiger partial charge >= 0.3 is 0 Å². The highest BCUT2D eigenvalue weighted by Crippen LogP contribution is 2.26. The molecule has 0 aromatic carbocycles. The fourth-order valence-electron chi connectivity index (χ4n) is 3.05. The molecule has 4 aromatic rings. The monoisotopic (exact) mass is 321 g/mol. The molecule has 0 amide bonds. The number of anilines is 2. The Morgan fingerprint density at radius 2 is 2.08 bits per heavy atom. The Bertz CT molecular complexity index is 1010. The van der Waals surface area contributed by atoms with Crippen LogP contribution in [0.25, 0.3) is 16.8 Å². The summed E-state index contributed by atoms with van der Waals surface area (Å²) < 4.78 is 1.80. The summed E-state index contributed by atoms with van der Waals surface area (Å²) >= 11 is 0. The van der Waals surface area contributed by atoms with Crippen LogP contribution in [0.5, 0.6) is 0 Å². The van der Waals surface area contributed by atoms with Gasteiger partial charge in [0, 0.05) is 32.5 Å². The second-order valence-corrected chi connectivity index (χ2v) is 5.89. The van der Waals surface area contributed by atoms with E-state index in [1.165, 1.54) is 0 Å². The Morgan fingerprint density at radius 1 is 1.17 bits per heavy atom. The summed E-state index contributed by atoms with van der Waals surface area (Å²) in [4.78, 5) is 24.5. The van der Waals surface area contributed by atoms with Gasteiger partial charge in [-0.2, -0.15) is 0 Å². The lowest BCUT2D eigenvalue weighted by molar-refractivity contribution is 0.487. The minimum Gasteiger partial charge on any atom is -0.351 e. The minimum atomic E-state index is 0.367. The predicted octanol–water partition coefficient (Wildman–Crippen LogP) is 0.721. The molecule has 5 rings (SSSR count). The second kappa shape index (κ2) is 4.88. The zero-order chi connectivity index (χ0) is 16.1. The summed E-state index contributed by atoms with van der Waals surface area (Å²) in [7, 11) is 2.05. The first-order valence-corrected chi connectivity index (χ1v) is 7.72. The van der Waals surface area contributed by atoms with Gasteiger partial charge in [-0.1, -0.05) is 0 Å². The molecule has 1 aliphatic rings. The molecule has 0 unspecified atom stereocenters. The lowest BCUT2D eigenvalue weighted by Gasteiger charge is -2.44. The molecule has 0 spiro atoms. The molecule has 1 N–H and O–H groups in total. The Kier molecular flexibility index (Phi) is 2.69. The maximum atomic E-state index is 4.59. The number of aromatic nitrogens is 7. The van der Waals surface area contributed by atoms with Crippen molar-refractivity contribution in [2.45, 2.75) is 6.04 Å². The van der Waals surface area contributed by atoms with Crippen LogP contribution in [0.15, 0.2) is 37.2 Å². The molecule has 1 saturated heterocycles. The smallest absolute Gasteiger partial charge is 0.182 e. The van der Waals surface area contributed by atoms with Gasteiger partial charge in [-0.05, 0) is 12.1 Å². The van der Waals surface area contributed by atoms with Crippen molar-refractivity contribution >= 4 is 28.4 Å². The lowest BCUT2D eigenvalue weighted by atomic mass is 10.1. The topological polar surface area (TPSA) is 91.1 Å². The van der Waals surface area contributed by atoms with Crippen molar-refractivity contribution in [3.63, 3.8) is 0 Å². The van der Waals surface area contributed by atoms with E-state index in [-0.39, 0.29) is 0 Å². The number of nitrogens with zero attached hydrogens (tertiary/aromatic N) is 8. The van der Waals surface area contributed by atoms with Gasteiger partial charge in [0.05, 0.1) is 12.4 Å². The third-order valence-corrected chi connectivity index (χ3v) is 4.51. The molecule has 120 valence electrons.